The summed E-state index contributed by atoms with van der Waals surface area (Å²) in [5, 5.41) is 3.18. The number of carbonyl (C=O) groups is 2. The van der Waals surface area contributed by atoms with Gasteiger partial charge in [-0.2, -0.15) is 0 Å². The minimum atomic E-state index is -3.82. The molecule has 10 heteroatoms. The molecule has 3 aromatic rings. The maximum Gasteiger partial charge on any atom is 0.244 e. The molecule has 7 nitrogen and oxygen atoms in total. The first-order valence-electron chi connectivity index (χ1n) is 13.6. The van der Waals surface area contributed by atoms with Crippen molar-refractivity contribution in [1.82, 2.24) is 10.2 Å². The summed E-state index contributed by atoms with van der Waals surface area (Å²) in [5.74, 6) is -0.687. The molecule has 0 heterocycles. The summed E-state index contributed by atoms with van der Waals surface area (Å²) in [6.07, 6.45) is 5.33. The van der Waals surface area contributed by atoms with E-state index in [0.717, 1.165) is 61.9 Å². The van der Waals surface area contributed by atoms with Gasteiger partial charge in [0.25, 0.3) is 0 Å². The molecule has 0 aliphatic heterocycles. The normalized spacial score (nSPS) is 14.4. The van der Waals surface area contributed by atoms with E-state index in [1.807, 2.05) is 61.5 Å². The second-order valence-corrected chi connectivity index (χ2v) is 14.2. The van der Waals surface area contributed by atoms with Gasteiger partial charge < -0.3 is 10.2 Å². The second-order valence-electron chi connectivity index (χ2n) is 10.6. The van der Waals surface area contributed by atoms with E-state index in [2.05, 4.69) is 37.2 Å². The van der Waals surface area contributed by atoms with Crippen LogP contribution in [0.3, 0.4) is 0 Å². The number of aryl methyl sites for hydroxylation is 1. The third-order valence-corrected chi connectivity index (χ3v) is 9.85. The van der Waals surface area contributed by atoms with Crippen molar-refractivity contribution in [2.45, 2.75) is 57.7 Å². The van der Waals surface area contributed by atoms with Crippen LogP contribution >= 0.6 is 31.9 Å². The van der Waals surface area contributed by atoms with Crippen LogP contribution in [-0.4, -0.2) is 50.0 Å². The third kappa shape index (κ3) is 8.66. The molecule has 218 valence electrons. The van der Waals surface area contributed by atoms with Crippen molar-refractivity contribution in [1.29, 1.82) is 0 Å². The summed E-state index contributed by atoms with van der Waals surface area (Å²) in [4.78, 5) is 29.6. The highest BCUT2D eigenvalue weighted by molar-refractivity contribution is 9.10. The monoisotopic (exact) mass is 703 g/mol. The van der Waals surface area contributed by atoms with Crippen LogP contribution < -0.4 is 9.62 Å². The Kier molecular flexibility index (Phi) is 10.7. The average molecular weight is 706 g/mol. The Morgan fingerprint density at radius 1 is 0.951 bits per heavy atom. The first-order valence-corrected chi connectivity index (χ1v) is 17.1. The van der Waals surface area contributed by atoms with Crippen LogP contribution in [0.4, 0.5) is 5.69 Å². The van der Waals surface area contributed by atoms with E-state index in [4.69, 9.17) is 0 Å². The van der Waals surface area contributed by atoms with Crippen molar-refractivity contribution >= 4 is 59.4 Å². The van der Waals surface area contributed by atoms with Gasteiger partial charge in [0.2, 0.25) is 21.8 Å². The zero-order valence-corrected chi connectivity index (χ0v) is 27.2. The summed E-state index contributed by atoms with van der Waals surface area (Å²) in [6.45, 7) is 1.57. The fourth-order valence-corrected chi connectivity index (χ4v) is 6.69. The van der Waals surface area contributed by atoms with Gasteiger partial charge in [0.05, 0.1) is 11.9 Å². The van der Waals surface area contributed by atoms with Crippen molar-refractivity contribution in [3.63, 3.8) is 0 Å². The Balaban J connectivity index is 1.73. The third-order valence-electron chi connectivity index (χ3n) is 7.32. The van der Waals surface area contributed by atoms with Gasteiger partial charge in [-0.3, -0.25) is 13.9 Å². The number of hydrogen-bond donors (Lipinski definition) is 1. The molecule has 0 unspecified atom stereocenters. The second kappa shape index (κ2) is 14.0. The Bertz CT molecular complexity index is 1480. The van der Waals surface area contributed by atoms with E-state index in [1.54, 1.807) is 18.2 Å². The van der Waals surface area contributed by atoms with Gasteiger partial charge >= 0.3 is 0 Å². The van der Waals surface area contributed by atoms with Gasteiger partial charge in [-0.25, -0.2) is 8.42 Å². The zero-order chi connectivity index (χ0) is 29.6. The van der Waals surface area contributed by atoms with Crippen LogP contribution in [-0.2, 0) is 32.6 Å². The molecule has 1 aliphatic rings. The summed E-state index contributed by atoms with van der Waals surface area (Å²) >= 11 is 6.96. The maximum absolute atomic E-state index is 14.2. The number of nitrogens with zero attached hydrogens (tertiary/aromatic N) is 2. The Hall–Kier alpha value is -2.69. The number of hydrogen-bond acceptors (Lipinski definition) is 4. The van der Waals surface area contributed by atoms with Crippen LogP contribution in [0.15, 0.2) is 81.7 Å². The molecule has 3 aromatic carbocycles. The minimum absolute atomic E-state index is 0.0712. The number of sulfonamides is 1. The molecule has 0 saturated heterocycles. The average Bonchev–Trinajstić information content (AvgIpc) is 3.44. The molecule has 1 aliphatic carbocycles. The van der Waals surface area contributed by atoms with E-state index in [1.165, 1.54) is 4.90 Å². The molecule has 2 amide bonds. The first-order chi connectivity index (χ1) is 19.5. The Morgan fingerprint density at radius 2 is 1.63 bits per heavy atom. The molecular weight excluding hydrogens is 670 g/mol. The lowest BCUT2D eigenvalue weighted by Crippen LogP contribution is -2.54. The standard InChI is InChI=1S/C31H35Br2N3O4S/c1-22-17-27(15-16-28(22)33)36(41(2,39)40)21-30(37)35(20-24-11-8-12-25(32)18-24)29(19-23-9-4-3-5-10-23)31(38)34-26-13-6-7-14-26/h3-5,8-12,15-18,26,29H,6-7,13-14,19-21H2,1-2H3,(H,34,38)/t29-/m1/s1. The van der Waals surface area contributed by atoms with Crippen molar-refractivity contribution in [3.05, 3.63) is 98.4 Å². The fourth-order valence-electron chi connectivity index (χ4n) is 5.15. The van der Waals surface area contributed by atoms with Crippen molar-refractivity contribution in [2.75, 3.05) is 17.1 Å². The van der Waals surface area contributed by atoms with Gasteiger partial charge in [-0.1, -0.05) is 87.2 Å². The molecule has 1 saturated carbocycles. The van der Waals surface area contributed by atoms with E-state index in [9.17, 15) is 18.0 Å². The molecule has 41 heavy (non-hydrogen) atoms. The van der Waals surface area contributed by atoms with Crippen LogP contribution in [0.2, 0.25) is 0 Å². The van der Waals surface area contributed by atoms with Gasteiger partial charge in [0, 0.05) is 28.0 Å². The molecule has 1 fully saturated rings. The molecule has 1 atom stereocenters. The van der Waals surface area contributed by atoms with E-state index in [0.29, 0.717) is 12.1 Å². The Morgan fingerprint density at radius 3 is 2.27 bits per heavy atom. The molecular formula is C31H35Br2N3O4S. The molecule has 4 rings (SSSR count). The summed E-state index contributed by atoms with van der Waals surface area (Å²) < 4.78 is 28.7. The summed E-state index contributed by atoms with van der Waals surface area (Å²) in [5.41, 5.74) is 2.96. The van der Waals surface area contributed by atoms with E-state index >= 15 is 0 Å². The summed E-state index contributed by atoms with van der Waals surface area (Å²) in [7, 11) is -3.82. The molecule has 1 N–H and O–H groups in total. The topological polar surface area (TPSA) is 86.8 Å². The molecule has 0 radical (unpaired) electrons. The predicted molar refractivity (Wildman–Crippen MR) is 170 cm³/mol. The highest BCUT2D eigenvalue weighted by Gasteiger charge is 2.34. The predicted octanol–water partition coefficient (Wildman–Crippen LogP) is 5.98. The lowest BCUT2D eigenvalue weighted by molar-refractivity contribution is -0.140. The summed E-state index contributed by atoms with van der Waals surface area (Å²) in [6, 6.07) is 21.6. The lowest BCUT2D eigenvalue weighted by atomic mass is 10.0. The highest BCUT2D eigenvalue weighted by Crippen LogP contribution is 2.26. The number of amides is 2. The highest BCUT2D eigenvalue weighted by atomic mass is 79.9. The lowest BCUT2D eigenvalue weighted by Gasteiger charge is -2.34. The number of halogens is 2. The fraction of sp³-hybridized carbons (Fsp3) is 0.355. The minimum Gasteiger partial charge on any atom is -0.352 e. The van der Waals surface area contributed by atoms with Gasteiger partial charge in [-0.05, 0) is 66.8 Å². The van der Waals surface area contributed by atoms with Crippen molar-refractivity contribution < 1.29 is 18.0 Å². The molecule has 0 bridgehead atoms. The zero-order valence-electron chi connectivity index (χ0n) is 23.2. The van der Waals surface area contributed by atoms with Crippen LogP contribution in [0, 0.1) is 6.92 Å². The maximum atomic E-state index is 14.2. The van der Waals surface area contributed by atoms with Crippen LogP contribution in [0.1, 0.15) is 42.4 Å². The van der Waals surface area contributed by atoms with E-state index < -0.39 is 28.5 Å². The number of rotatable bonds is 11. The number of carbonyl (C=O) groups excluding carboxylic acids is 2. The quantitative estimate of drug-likeness (QED) is 0.266. The smallest absolute Gasteiger partial charge is 0.244 e. The largest absolute Gasteiger partial charge is 0.352 e. The SMILES string of the molecule is Cc1cc(N(CC(=O)N(Cc2cccc(Br)c2)[C@H](Cc2ccccc2)C(=O)NC2CCCC2)S(C)(=O)=O)ccc1Br. The number of benzene rings is 3. The molecule has 0 aromatic heterocycles. The number of anilines is 1. The van der Waals surface area contributed by atoms with Crippen LogP contribution in [0.5, 0.6) is 0 Å². The Labute approximate surface area is 259 Å². The van der Waals surface area contributed by atoms with Crippen molar-refractivity contribution in [3.8, 4) is 0 Å². The van der Waals surface area contributed by atoms with Gasteiger partial charge in [0.15, 0.2) is 0 Å². The van der Waals surface area contributed by atoms with Crippen molar-refractivity contribution in [2.24, 2.45) is 0 Å². The van der Waals surface area contributed by atoms with Crippen LogP contribution in [0.25, 0.3) is 0 Å². The first kappa shape index (κ1) is 31.3. The van der Waals surface area contributed by atoms with E-state index in [-0.39, 0.29) is 18.5 Å². The number of nitrogens with one attached hydrogen (secondary N) is 1. The molecule has 0 spiro atoms. The van der Waals surface area contributed by atoms with Gasteiger partial charge in [0.1, 0.15) is 12.6 Å². The van der Waals surface area contributed by atoms with Gasteiger partial charge in [-0.15, -0.1) is 0 Å².